The molecule has 0 radical (unpaired) electrons. The molecule has 0 N–H and O–H groups in total. The fourth-order valence-electron chi connectivity index (χ4n) is 3.37. The second-order valence-electron chi connectivity index (χ2n) is 7.76. The number of hydrogen-bond donors (Lipinski definition) is 0. The lowest BCUT2D eigenvalue weighted by Crippen LogP contribution is -2.39. The molecular weight excluding hydrogens is 487 g/mol. The second kappa shape index (κ2) is 9.35. The smallest absolute Gasteiger partial charge is 0.338 e. The summed E-state index contributed by atoms with van der Waals surface area (Å²) < 4.78 is 7.60. The summed E-state index contributed by atoms with van der Waals surface area (Å²) in [5.41, 5.74) is 1.48. The molecule has 0 fully saturated rings. The van der Waals surface area contributed by atoms with E-state index in [1.165, 1.54) is 22.7 Å². The number of hydrogen-bond acceptors (Lipinski definition) is 6. The van der Waals surface area contributed by atoms with E-state index in [2.05, 4.69) is 4.99 Å². The third-order valence-corrected chi connectivity index (χ3v) is 7.49. The maximum atomic E-state index is 13.5. The number of thiazole rings is 1. The summed E-state index contributed by atoms with van der Waals surface area (Å²) in [4.78, 5) is 32.5. The minimum absolute atomic E-state index is 0.201. The standard InChI is InChI=1S/C23H20Cl2N2O3S2/c1-12(2)11-30-22(29)19-13(3)26-23-27(20(19)17-5-4-8-31-17)21(28)18(32-23)10-14-6-7-15(24)16(25)9-14/h4-10,12,20H,11H2,1-3H3/b18-10+/t20-/m0/s1. The number of esters is 1. The summed E-state index contributed by atoms with van der Waals surface area (Å²) in [6.07, 6.45) is 1.76. The van der Waals surface area contributed by atoms with Gasteiger partial charge in [-0.1, -0.05) is 60.5 Å². The van der Waals surface area contributed by atoms with E-state index in [0.717, 1.165) is 10.4 Å². The Kier molecular flexibility index (Phi) is 6.72. The van der Waals surface area contributed by atoms with Crippen molar-refractivity contribution in [1.82, 2.24) is 4.57 Å². The number of rotatable bonds is 5. The summed E-state index contributed by atoms with van der Waals surface area (Å²) >= 11 is 14.9. The molecule has 1 atom stereocenters. The van der Waals surface area contributed by atoms with E-state index in [4.69, 9.17) is 27.9 Å². The normalized spacial score (nSPS) is 16.3. The molecule has 1 aliphatic rings. The lowest BCUT2D eigenvalue weighted by Gasteiger charge is -2.23. The highest BCUT2D eigenvalue weighted by Gasteiger charge is 2.34. The first-order chi connectivity index (χ1) is 15.3. The predicted molar refractivity (Wildman–Crippen MR) is 130 cm³/mol. The number of benzene rings is 1. The first kappa shape index (κ1) is 23.0. The number of carbonyl (C=O) groups excluding carboxylic acids is 1. The Morgan fingerprint density at radius 2 is 2.06 bits per heavy atom. The maximum absolute atomic E-state index is 13.5. The van der Waals surface area contributed by atoms with Gasteiger partial charge < -0.3 is 4.74 Å². The van der Waals surface area contributed by atoms with Crippen molar-refractivity contribution in [3.8, 4) is 0 Å². The van der Waals surface area contributed by atoms with Gasteiger partial charge in [-0.15, -0.1) is 11.3 Å². The van der Waals surface area contributed by atoms with Gasteiger partial charge in [0, 0.05) is 4.88 Å². The number of halogens is 2. The van der Waals surface area contributed by atoms with Gasteiger partial charge in [-0.25, -0.2) is 9.79 Å². The van der Waals surface area contributed by atoms with Crippen LogP contribution in [-0.2, 0) is 9.53 Å². The Morgan fingerprint density at radius 3 is 2.72 bits per heavy atom. The van der Waals surface area contributed by atoms with Gasteiger partial charge in [-0.2, -0.15) is 0 Å². The zero-order valence-electron chi connectivity index (χ0n) is 17.6. The Labute approximate surface area is 202 Å². The van der Waals surface area contributed by atoms with Crippen LogP contribution >= 0.6 is 45.9 Å². The molecule has 0 bridgehead atoms. The van der Waals surface area contributed by atoms with Gasteiger partial charge in [0.1, 0.15) is 6.04 Å². The fraction of sp³-hybridized carbons (Fsp3) is 0.261. The van der Waals surface area contributed by atoms with Crippen LogP contribution in [0.5, 0.6) is 0 Å². The summed E-state index contributed by atoms with van der Waals surface area (Å²) in [6, 6.07) is 8.43. The van der Waals surface area contributed by atoms with E-state index in [1.54, 1.807) is 35.8 Å². The van der Waals surface area contributed by atoms with Crippen molar-refractivity contribution in [1.29, 1.82) is 0 Å². The van der Waals surface area contributed by atoms with Crippen LogP contribution in [0.3, 0.4) is 0 Å². The molecular formula is C23H20Cl2N2O3S2. The summed E-state index contributed by atoms with van der Waals surface area (Å²) in [6.45, 7) is 6.03. The molecule has 3 heterocycles. The molecule has 32 heavy (non-hydrogen) atoms. The molecule has 1 aromatic carbocycles. The van der Waals surface area contributed by atoms with Crippen LogP contribution in [0.15, 0.2) is 56.8 Å². The molecule has 0 unspecified atom stereocenters. The lowest BCUT2D eigenvalue weighted by molar-refractivity contribution is -0.140. The average molecular weight is 507 g/mol. The van der Waals surface area contributed by atoms with Crippen molar-refractivity contribution in [3.05, 3.63) is 87.2 Å². The van der Waals surface area contributed by atoms with E-state index in [1.807, 2.05) is 31.4 Å². The van der Waals surface area contributed by atoms with Crippen LogP contribution in [0.2, 0.25) is 10.0 Å². The van der Waals surface area contributed by atoms with Crippen LogP contribution in [0, 0.1) is 5.92 Å². The van der Waals surface area contributed by atoms with Crippen LogP contribution < -0.4 is 14.9 Å². The van der Waals surface area contributed by atoms with E-state index in [9.17, 15) is 9.59 Å². The number of allylic oxidation sites excluding steroid dienone is 1. The predicted octanol–water partition coefficient (Wildman–Crippen LogP) is 4.80. The SMILES string of the molecule is CC1=C(C(=O)OCC(C)C)[C@H](c2cccs2)n2c(s/c(=C/c3ccc(Cl)c(Cl)c3)c2=O)=N1. The molecule has 0 aliphatic carbocycles. The molecule has 0 saturated carbocycles. The van der Waals surface area contributed by atoms with Crippen LogP contribution in [-0.4, -0.2) is 17.1 Å². The molecule has 0 saturated heterocycles. The maximum Gasteiger partial charge on any atom is 0.338 e. The monoisotopic (exact) mass is 506 g/mol. The topological polar surface area (TPSA) is 60.7 Å². The van der Waals surface area contributed by atoms with Gasteiger partial charge in [0.2, 0.25) is 0 Å². The van der Waals surface area contributed by atoms with Crippen LogP contribution in [0.4, 0.5) is 0 Å². The summed E-state index contributed by atoms with van der Waals surface area (Å²) in [7, 11) is 0. The number of thiophene rings is 1. The van der Waals surface area contributed by atoms with Crippen molar-refractivity contribution in [2.24, 2.45) is 10.9 Å². The molecule has 1 aliphatic heterocycles. The van der Waals surface area contributed by atoms with E-state index in [-0.39, 0.29) is 11.5 Å². The molecule has 2 aromatic heterocycles. The van der Waals surface area contributed by atoms with Gasteiger partial charge in [0.05, 0.1) is 32.5 Å². The number of carbonyl (C=O) groups is 1. The second-order valence-corrected chi connectivity index (χ2v) is 10.6. The van der Waals surface area contributed by atoms with Crippen molar-refractivity contribution in [3.63, 3.8) is 0 Å². The summed E-state index contributed by atoms with van der Waals surface area (Å²) in [5, 5.41) is 2.78. The molecule has 4 rings (SSSR count). The van der Waals surface area contributed by atoms with Crippen molar-refractivity contribution >= 4 is 57.9 Å². The average Bonchev–Trinajstić information content (AvgIpc) is 3.37. The third kappa shape index (κ3) is 4.48. The summed E-state index contributed by atoms with van der Waals surface area (Å²) in [5.74, 6) is -0.246. The zero-order chi connectivity index (χ0) is 23.0. The zero-order valence-corrected chi connectivity index (χ0v) is 20.7. The van der Waals surface area contributed by atoms with Crippen molar-refractivity contribution in [2.45, 2.75) is 26.8 Å². The Bertz CT molecular complexity index is 1390. The largest absolute Gasteiger partial charge is 0.462 e. The number of fused-ring (bicyclic) bond motifs is 1. The molecule has 166 valence electrons. The number of nitrogens with zero attached hydrogens (tertiary/aromatic N) is 2. The Morgan fingerprint density at radius 1 is 1.28 bits per heavy atom. The van der Waals surface area contributed by atoms with Crippen LogP contribution in [0.1, 0.15) is 37.3 Å². The van der Waals surface area contributed by atoms with Crippen LogP contribution in [0.25, 0.3) is 6.08 Å². The molecule has 0 spiro atoms. The first-order valence-corrected chi connectivity index (χ1v) is 12.4. The minimum atomic E-state index is -0.582. The van der Waals surface area contributed by atoms with Gasteiger partial charge in [0.15, 0.2) is 4.80 Å². The highest BCUT2D eigenvalue weighted by Crippen LogP contribution is 2.33. The minimum Gasteiger partial charge on any atom is -0.462 e. The quantitative estimate of drug-likeness (QED) is 0.466. The van der Waals surface area contributed by atoms with Gasteiger partial charge in [-0.3, -0.25) is 9.36 Å². The van der Waals surface area contributed by atoms with Gasteiger partial charge >= 0.3 is 5.97 Å². The molecule has 5 nitrogen and oxygen atoms in total. The molecule has 3 aromatic rings. The van der Waals surface area contributed by atoms with Gasteiger partial charge in [0.25, 0.3) is 5.56 Å². The number of ether oxygens (including phenoxy) is 1. The third-order valence-electron chi connectivity index (χ3n) is 4.84. The Balaban J connectivity index is 1.87. The highest BCUT2D eigenvalue weighted by molar-refractivity contribution is 7.10. The lowest BCUT2D eigenvalue weighted by atomic mass is 10.0. The number of aromatic nitrogens is 1. The van der Waals surface area contributed by atoms with Crippen molar-refractivity contribution in [2.75, 3.05) is 6.61 Å². The molecule has 0 amide bonds. The fourth-order valence-corrected chi connectivity index (χ4v) is 5.55. The highest BCUT2D eigenvalue weighted by atomic mass is 35.5. The van der Waals surface area contributed by atoms with E-state index < -0.39 is 12.0 Å². The molecule has 9 heteroatoms. The first-order valence-electron chi connectivity index (χ1n) is 9.94. The van der Waals surface area contributed by atoms with Crippen molar-refractivity contribution < 1.29 is 9.53 Å². The Hall–Kier alpha value is -2.19. The van der Waals surface area contributed by atoms with E-state index in [0.29, 0.717) is 37.3 Å². The van der Waals surface area contributed by atoms with Gasteiger partial charge in [-0.05, 0) is 48.1 Å². The van der Waals surface area contributed by atoms with E-state index >= 15 is 0 Å².